The molecule has 0 rings (SSSR count). The average molecular weight is 819 g/mol. The number of carbonyl (C=O) groups is 4. The van der Waals surface area contributed by atoms with Crippen LogP contribution in [0.5, 0.6) is 0 Å². The van der Waals surface area contributed by atoms with E-state index in [9.17, 15) is 19.2 Å². The Morgan fingerprint density at radius 3 is 0.517 bits per heavy atom. The lowest BCUT2D eigenvalue weighted by atomic mass is 10.0. The molecule has 0 aliphatic carbocycles. The van der Waals surface area contributed by atoms with Crippen molar-refractivity contribution in [3.05, 3.63) is 0 Å². The molecule has 0 radical (unpaired) electrons. The Kier molecular flexibility index (Phi) is 45.8. The van der Waals surface area contributed by atoms with Crippen molar-refractivity contribution in [2.45, 2.75) is 271 Å². The van der Waals surface area contributed by atoms with Gasteiger partial charge in [-0.05, 0) is 25.7 Å². The van der Waals surface area contributed by atoms with E-state index in [1.807, 2.05) is 0 Å². The van der Waals surface area contributed by atoms with Crippen LogP contribution < -0.4 is 21.3 Å². The SMILES string of the molecule is CCCCCCCCCCCCCCCCCC(=O)NCCNC(=O)CCCCCCCCC(=O)NCCNC(=O)CCCCCCCCCCCCCCCCC. The number of amides is 4. The van der Waals surface area contributed by atoms with Gasteiger partial charge in [0.15, 0.2) is 0 Å². The second kappa shape index (κ2) is 47.6. The number of unbranched alkanes of at least 4 members (excludes halogenated alkanes) is 33. The lowest BCUT2D eigenvalue weighted by Gasteiger charge is -2.08. The summed E-state index contributed by atoms with van der Waals surface area (Å²) in [5.74, 6) is 0.278. The van der Waals surface area contributed by atoms with Crippen LogP contribution in [0.15, 0.2) is 0 Å². The fraction of sp³-hybridized carbons (Fsp3) is 0.920. The first-order valence-electron chi connectivity index (χ1n) is 25.6. The molecule has 0 fully saturated rings. The Hall–Kier alpha value is -2.12. The van der Waals surface area contributed by atoms with Crippen LogP contribution in [0.1, 0.15) is 271 Å². The van der Waals surface area contributed by atoms with Gasteiger partial charge in [0.1, 0.15) is 0 Å². The summed E-state index contributed by atoms with van der Waals surface area (Å²) < 4.78 is 0. The first-order chi connectivity index (χ1) is 28.5. The summed E-state index contributed by atoms with van der Waals surface area (Å²) in [6.07, 6.45) is 47.7. The number of hydrogen-bond donors (Lipinski definition) is 4. The Bertz CT molecular complexity index is 842. The predicted octanol–water partition coefficient (Wildman–Crippen LogP) is 13.1. The van der Waals surface area contributed by atoms with Crippen molar-refractivity contribution in [1.29, 1.82) is 0 Å². The second-order valence-corrected chi connectivity index (χ2v) is 17.4. The van der Waals surface area contributed by atoms with E-state index in [1.165, 1.54) is 167 Å². The zero-order valence-electron chi connectivity index (χ0n) is 38.7. The summed E-state index contributed by atoms with van der Waals surface area (Å²) in [7, 11) is 0. The van der Waals surface area contributed by atoms with Gasteiger partial charge in [-0.25, -0.2) is 0 Å². The van der Waals surface area contributed by atoms with Gasteiger partial charge in [-0.1, -0.05) is 219 Å². The van der Waals surface area contributed by atoms with E-state index in [0.29, 0.717) is 51.9 Å². The van der Waals surface area contributed by atoms with E-state index in [2.05, 4.69) is 35.1 Å². The molecular formula is C50H98N4O4. The minimum atomic E-state index is 0.0505. The molecule has 4 N–H and O–H groups in total. The molecule has 0 bridgehead atoms. The number of carbonyl (C=O) groups excluding carboxylic acids is 4. The van der Waals surface area contributed by atoms with Crippen LogP contribution >= 0.6 is 0 Å². The predicted molar refractivity (Wildman–Crippen MR) is 248 cm³/mol. The molecule has 0 atom stereocenters. The van der Waals surface area contributed by atoms with Crippen molar-refractivity contribution in [3.63, 3.8) is 0 Å². The molecular weight excluding hydrogens is 721 g/mol. The van der Waals surface area contributed by atoms with Gasteiger partial charge in [-0.3, -0.25) is 19.2 Å². The van der Waals surface area contributed by atoms with Crippen LogP contribution in [-0.4, -0.2) is 49.8 Å². The molecule has 4 amide bonds. The zero-order chi connectivity index (χ0) is 42.3. The third-order valence-electron chi connectivity index (χ3n) is 11.6. The number of rotatable bonds is 47. The second-order valence-electron chi connectivity index (χ2n) is 17.4. The summed E-state index contributed by atoms with van der Waals surface area (Å²) >= 11 is 0. The zero-order valence-corrected chi connectivity index (χ0v) is 38.7. The topological polar surface area (TPSA) is 116 Å². The van der Waals surface area contributed by atoms with Gasteiger partial charge in [0, 0.05) is 51.9 Å². The van der Waals surface area contributed by atoms with E-state index in [4.69, 9.17) is 0 Å². The minimum Gasteiger partial charge on any atom is -0.354 e. The standard InChI is InChI=1S/C50H98N4O4/c1-3-5-7-9-11-13-15-17-19-21-23-25-27-31-35-39-47(55)51-43-45-53-49(57)41-37-33-29-30-34-38-42-50(58)54-46-44-52-48(56)40-36-32-28-26-24-22-20-18-16-14-12-10-8-6-4-2/h3-46H2,1-2H3,(H,51,55)(H,52,56)(H,53,57)(H,54,58). The first kappa shape index (κ1) is 55.9. The molecule has 8 heteroatoms. The molecule has 0 aliphatic rings. The molecule has 0 aromatic carbocycles. The third kappa shape index (κ3) is 46.6. The fourth-order valence-corrected chi connectivity index (χ4v) is 7.75. The van der Waals surface area contributed by atoms with E-state index in [1.54, 1.807) is 0 Å². The molecule has 0 aromatic rings. The molecule has 0 spiro atoms. The molecule has 0 saturated carbocycles. The van der Waals surface area contributed by atoms with Crippen molar-refractivity contribution >= 4 is 23.6 Å². The van der Waals surface area contributed by atoms with Crippen LogP contribution in [-0.2, 0) is 19.2 Å². The van der Waals surface area contributed by atoms with Crippen LogP contribution in [0.3, 0.4) is 0 Å². The van der Waals surface area contributed by atoms with Gasteiger partial charge >= 0.3 is 0 Å². The van der Waals surface area contributed by atoms with Gasteiger partial charge in [-0.2, -0.15) is 0 Å². The van der Waals surface area contributed by atoms with Crippen molar-refractivity contribution in [2.75, 3.05) is 26.2 Å². The van der Waals surface area contributed by atoms with E-state index in [0.717, 1.165) is 64.2 Å². The number of hydrogen-bond acceptors (Lipinski definition) is 4. The monoisotopic (exact) mass is 819 g/mol. The molecule has 0 heterocycles. The van der Waals surface area contributed by atoms with Gasteiger partial charge < -0.3 is 21.3 Å². The highest BCUT2D eigenvalue weighted by Crippen LogP contribution is 2.15. The summed E-state index contributed by atoms with van der Waals surface area (Å²) in [5, 5.41) is 11.7. The van der Waals surface area contributed by atoms with Gasteiger partial charge in [-0.15, -0.1) is 0 Å². The Balaban J connectivity index is 3.38. The lowest BCUT2D eigenvalue weighted by molar-refractivity contribution is -0.123. The van der Waals surface area contributed by atoms with Crippen LogP contribution in [0.25, 0.3) is 0 Å². The Morgan fingerprint density at radius 1 is 0.224 bits per heavy atom. The highest BCUT2D eigenvalue weighted by Gasteiger charge is 2.06. The Morgan fingerprint density at radius 2 is 0.362 bits per heavy atom. The molecule has 0 aromatic heterocycles. The van der Waals surface area contributed by atoms with Crippen LogP contribution in [0.4, 0.5) is 0 Å². The highest BCUT2D eigenvalue weighted by molar-refractivity contribution is 5.77. The normalized spacial score (nSPS) is 11.1. The maximum absolute atomic E-state index is 12.1. The third-order valence-corrected chi connectivity index (χ3v) is 11.6. The van der Waals surface area contributed by atoms with Crippen molar-refractivity contribution < 1.29 is 19.2 Å². The fourth-order valence-electron chi connectivity index (χ4n) is 7.75. The molecule has 0 aliphatic heterocycles. The molecule has 58 heavy (non-hydrogen) atoms. The van der Waals surface area contributed by atoms with Crippen LogP contribution in [0, 0.1) is 0 Å². The summed E-state index contributed by atoms with van der Waals surface area (Å²) in [6.45, 7) is 6.50. The molecule has 0 unspecified atom stereocenters. The average Bonchev–Trinajstić information content (AvgIpc) is 3.22. The highest BCUT2D eigenvalue weighted by atomic mass is 16.2. The summed E-state index contributed by atoms with van der Waals surface area (Å²) in [5.41, 5.74) is 0. The molecule has 0 saturated heterocycles. The van der Waals surface area contributed by atoms with Crippen molar-refractivity contribution in [2.24, 2.45) is 0 Å². The first-order valence-corrected chi connectivity index (χ1v) is 25.6. The van der Waals surface area contributed by atoms with E-state index in [-0.39, 0.29) is 23.6 Å². The molecule has 342 valence electrons. The van der Waals surface area contributed by atoms with Gasteiger partial charge in [0.25, 0.3) is 0 Å². The largest absolute Gasteiger partial charge is 0.354 e. The summed E-state index contributed by atoms with van der Waals surface area (Å²) in [6, 6.07) is 0. The minimum absolute atomic E-state index is 0.0505. The van der Waals surface area contributed by atoms with Crippen molar-refractivity contribution in [1.82, 2.24) is 21.3 Å². The maximum Gasteiger partial charge on any atom is 0.220 e. The Labute approximate surface area is 359 Å². The summed E-state index contributed by atoms with van der Waals surface area (Å²) in [4.78, 5) is 48.5. The van der Waals surface area contributed by atoms with E-state index >= 15 is 0 Å². The number of nitrogens with one attached hydrogen (secondary N) is 4. The van der Waals surface area contributed by atoms with Gasteiger partial charge in [0.2, 0.25) is 23.6 Å². The molecule has 8 nitrogen and oxygen atoms in total. The van der Waals surface area contributed by atoms with Crippen LogP contribution in [0.2, 0.25) is 0 Å². The van der Waals surface area contributed by atoms with Crippen molar-refractivity contribution in [3.8, 4) is 0 Å². The lowest BCUT2D eigenvalue weighted by Crippen LogP contribution is -2.34. The quantitative estimate of drug-likeness (QED) is 0.0458. The van der Waals surface area contributed by atoms with Gasteiger partial charge in [0.05, 0.1) is 0 Å². The maximum atomic E-state index is 12.1. The smallest absolute Gasteiger partial charge is 0.220 e. The van der Waals surface area contributed by atoms with E-state index < -0.39 is 0 Å².